The minimum Gasteiger partial charge on any atom is -0.259 e. The molecule has 0 saturated carbocycles. The topological polar surface area (TPSA) is 34.4 Å². The Labute approximate surface area is 104 Å². The minimum atomic E-state index is -0.284. The molecule has 0 fully saturated rings. The molecule has 1 heterocycles. The van der Waals surface area contributed by atoms with Crippen molar-refractivity contribution in [2.24, 2.45) is 0 Å². The molecular weight excluding hydrogens is 236 g/mol. The highest BCUT2D eigenvalue weighted by molar-refractivity contribution is 6.31. The number of benzene rings is 2. The molecule has 2 aromatic carbocycles. The lowest BCUT2D eigenvalue weighted by molar-refractivity contribution is 0.253. The average molecular weight is 244 g/mol. The van der Waals surface area contributed by atoms with Crippen molar-refractivity contribution in [3.8, 4) is 0 Å². The first kappa shape index (κ1) is 10.2. The molecular formula is C13H8ClN2O. The van der Waals surface area contributed by atoms with Gasteiger partial charge in [0.2, 0.25) is 0 Å². The van der Waals surface area contributed by atoms with E-state index in [1.165, 1.54) is 0 Å². The Morgan fingerprint density at radius 1 is 1.06 bits per heavy atom. The van der Waals surface area contributed by atoms with E-state index in [0.717, 1.165) is 11.4 Å². The quantitative estimate of drug-likeness (QED) is 0.749. The van der Waals surface area contributed by atoms with Crippen molar-refractivity contribution < 1.29 is 4.79 Å². The van der Waals surface area contributed by atoms with Crippen LogP contribution in [0.1, 0.15) is 0 Å². The van der Waals surface area contributed by atoms with Crippen LogP contribution in [0, 0.1) is 0 Å². The van der Waals surface area contributed by atoms with E-state index >= 15 is 0 Å². The highest BCUT2D eigenvalue weighted by atomic mass is 35.5. The van der Waals surface area contributed by atoms with Crippen LogP contribution in [0.3, 0.4) is 0 Å². The van der Waals surface area contributed by atoms with Crippen molar-refractivity contribution in [1.29, 1.82) is 0 Å². The maximum atomic E-state index is 11.9. The van der Waals surface area contributed by atoms with Gasteiger partial charge in [0.15, 0.2) is 0 Å². The molecule has 0 unspecified atom stereocenters. The second-order valence-corrected chi connectivity index (χ2v) is 4.13. The maximum absolute atomic E-state index is 11.9. The van der Waals surface area contributed by atoms with Crippen molar-refractivity contribution >= 4 is 34.7 Å². The zero-order chi connectivity index (χ0) is 11.8. The predicted octanol–water partition coefficient (Wildman–Crippen LogP) is 3.85. The lowest BCUT2D eigenvalue weighted by atomic mass is 10.2. The third kappa shape index (κ3) is 1.65. The molecule has 2 aromatic rings. The molecule has 1 aliphatic rings. The second kappa shape index (κ2) is 3.79. The van der Waals surface area contributed by atoms with E-state index in [4.69, 9.17) is 11.6 Å². The van der Waals surface area contributed by atoms with Crippen LogP contribution < -0.4 is 10.2 Å². The first-order valence-corrected chi connectivity index (χ1v) is 5.54. The third-order valence-corrected chi connectivity index (χ3v) is 2.84. The predicted molar refractivity (Wildman–Crippen MR) is 67.2 cm³/mol. The lowest BCUT2D eigenvalue weighted by Gasteiger charge is -2.15. The second-order valence-electron chi connectivity index (χ2n) is 3.70. The summed E-state index contributed by atoms with van der Waals surface area (Å²) in [4.78, 5) is 13.4. The van der Waals surface area contributed by atoms with Crippen LogP contribution in [0.2, 0.25) is 5.02 Å². The number of halogens is 1. The fraction of sp³-hybridized carbons (Fsp3) is 0. The third-order valence-electron chi connectivity index (χ3n) is 2.60. The summed E-state index contributed by atoms with van der Waals surface area (Å²) in [6.45, 7) is 0. The Morgan fingerprint density at radius 2 is 1.82 bits per heavy atom. The highest BCUT2D eigenvalue weighted by Crippen LogP contribution is 2.39. The van der Waals surface area contributed by atoms with E-state index < -0.39 is 0 Å². The van der Waals surface area contributed by atoms with E-state index in [0.29, 0.717) is 10.7 Å². The summed E-state index contributed by atoms with van der Waals surface area (Å²) in [6.07, 6.45) is 0. The van der Waals surface area contributed by atoms with Crippen LogP contribution in [0.15, 0.2) is 48.5 Å². The number of hydrogen-bond donors (Lipinski definition) is 0. The number of anilines is 2. The fourth-order valence-electron chi connectivity index (χ4n) is 1.85. The fourth-order valence-corrected chi connectivity index (χ4v) is 2.02. The normalized spacial score (nSPS) is 13.5. The van der Waals surface area contributed by atoms with Crippen molar-refractivity contribution in [1.82, 2.24) is 5.32 Å². The number of rotatable bonds is 1. The number of fused-ring (bicyclic) bond motifs is 1. The summed E-state index contributed by atoms with van der Waals surface area (Å²) >= 11 is 5.94. The van der Waals surface area contributed by atoms with Gasteiger partial charge in [-0.1, -0.05) is 29.8 Å². The summed E-state index contributed by atoms with van der Waals surface area (Å²) in [6, 6.07) is 14.3. The van der Waals surface area contributed by atoms with Crippen LogP contribution in [0.5, 0.6) is 0 Å². The Hall–Kier alpha value is -2.00. The molecule has 4 heteroatoms. The molecule has 17 heavy (non-hydrogen) atoms. The zero-order valence-electron chi connectivity index (χ0n) is 8.80. The van der Waals surface area contributed by atoms with E-state index in [2.05, 4.69) is 5.32 Å². The van der Waals surface area contributed by atoms with Gasteiger partial charge in [-0.15, -0.1) is 0 Å². The van der Waals surface area contributed by atoms with Gasteiger partial charge in [-0.2, -0.15) is 5.32 Å². The van der Waals surface area contributed by atoms with Gasteiger partial charge in [0.1, 0.15) is 0 Å². The van der Waals surface area contributed by atoms with Gasteiger partial charge in [0.05, 0.1) is 17.1 Å². The molecule has 1 radical (unpaired) electrons. The van der Waals surface area contributed by atoms with Crippen LogP contribution in [0.4, 0.5) is 21.9 Å². The molecule has 0 spiro atoms. The summed E-state index contributed by atoms with van der Waals surface area (Å²) in [5, 5.41) is 4.57. The molecule has 0 aromatic heterocycles. The van der Waals surface area contributed by atoms with Gasteiger partial charge in [-0.05, 0) is 30.3 Å². The molecule has 3 nitrogen and oxygen atoms in total. The number of urea groups is 1. The zero-order valence-corrected chi connectivity index (χ0v) is 9.56. The van der Waals surface area contributed by atoms with Crippen molar-refractivity contribution in [3.63, 3.8) is 0 Å². The largest absolute Gasteiger partial charge is 0.353 e. The van der Waals surface area contributed by atoms with E-state index in [1.807, 2.05) is 30.3 Å². The first-order valence-electron chi connectivity index (χ1n) is 5.16. The average Bonchev–Trinajstić information content (AvgIpc) is 2.65. The molecule has 3 rings (SSSR count). The van der Waals surface area contributed by atoms with Gasteiger partial charge in [-0.25, -0.2) is 4.79 Å². The Kier molecular flexibility index (Phi) is 2.27. The van der Waals surface area contributed by atoms with E-state index in [-0.39, 0.29) is 6.03 Å². The number of amides is 2. The first-order chi connectivity index (χ1) is 8.25. The highest BCUT2D eigenvalue weighted by Gasteiger charge is 2.29. The summed E-state index contributed by atoms with van der Waals surface area (Å²) in [7, 11) is 0. The Morgan fingerprint density at radius 3 is 2.59 bits per heavy atom. The minimum absolute atomic E-state index is 0.284. The van der Waals surface area contributed by atoms with Gasteiger partial charge in [0.25, 0.3) is 0 Å². The van der Waals surface area contributed by atoms with Gasteiger partial charge < -0.3 is 0 Å². The number of carbonyl (C=O) groups is 1. The van der Waals surface area contributed by atoms with E-state index in [9.17, 15) is 4.79 Å². The number of nitrogens with zero attached hydrogens (tertiary/aromatic N) is 2. The SMILES string of the molecule is O=C1[N]c2ccc(Cl)cc2N1c1ccccc1. The number of para-hydroxylation sites is 1. The van der Waals surface area contributed by atoms with Crippen LogP contribution in [0.25, 0.3) is 0 Å². The summed E-state index contributed by atoms with van der Waals surface area (Å²) in [5.41, 5.74) is 2.18. The maximum Gasteiger partial charge on any atom is 0.353 e. The molecule has 0 N–H and O–H groups in total. The molecule has 0 saturated heterocycles. The van der Waals surface area contributed by atoms with Crippen LogP contribution in [-0.2, 0) is 0 Å². The van der Waals surface area contributed by atoms with Crippen molar-refractivity contribution in [3.05, 3.63) is 53.6 Å². The molecule has 0 atom stereocenters. The van der Waals surface area contributed by atoms with E-state index in [1.54, 1.807) is 23.1 Å². The number of carbonyl (C=O) groups excluding carboxylic acids is 1. The van der Waals surface area contributed by atoms with Gasteiger partial charge >= 0.3 is 6.03 Å². The monoisotopic (exact) mass is 243 g/mol. The molecule has 83 valence electrons. The number of hydrogen-bond acceptors (Lipinski definition) is 1. The summed E-state index contributed by atoms with van der Waals surface area (Å²) in [5.74, 6) is 0. The van der Waals surface area contributed by atoms with Crippen LogP contribution in [-0.4, -0.2) is 6.03 Å². The lowest BCUT2D eigenvalue weighted by Crippen LogP contribution is -2.22. The molecule has 0 bridgehead atoms. The van der Waals surface area contributed by atoms with Gasteiger partial charge in [0, 0.05) is 5.02 Å². The Bertz CT molecular complexity index is 583. The molecule has 1 aliphatic heterocycles. The molecule has 0 aliphatic carbocycles. The smallest absolute Gasteiger partial charge is 0.259 e. The van der Waals surface area contributed by atoms with Crippen molar-refractivity contribution in [2.45, 2.75) is 0 Å². The Balaban J connectivity index is 2.14. The summed E-state index contributed by atoms with van der Waals surface area (Å²) < 4.78 is 0. The van der Waals surface area contributed by atoms with Gasteiger partial charge in [-0.3, -0.25) is 4.90 Å². The standard InChI is InChI=1S/C13H8ClN2O/c14-9-6-7-11-12(8-9)16(13(17)15-11)10-4-2-1-3-5-10/h1-8H. The molecule has 2 amide bonds. The van der Waals surface area contributed by atoms with Crippen LogP contribution >= 0.6 is 11.6 Å². The van der Waals surface area contributed by atoms with Crippen molar-refractivity contribution in [2.75, 3.05) is 4.90 Å².